The summed E-state index contributed by atoms with van der Waals surface area (Å²) in [5.74, 6) is -1.21. The quantitative estimate of drug-likeness (QED) is 0.219. The minimum Gasteiger partial charge on any atom is -0.423 e. The summed E-state index contributed by atoms with van der Waals surface area (Å²) in [5.41, 5.74) is 0.497. The normalized spacial score (nSPS) is 11.0. The molecule has 0 radical (unpaired) electrons. The van der Waals surface area contributed by atoms with Crippen LogP contribution in [0.3, 0.4) is 0 Å². The van der Waals surface area contributed by atoms with Gasteiger partial charge in [0.2, 0.25) is 0 Å². The summed E-state index contributed by atoms with van der Waals surface area (Å²) in [7, 11) is -4.26. The fourth-order valence-electron chi connectivity index (χ4n) is 3.17. The molecule has 1 amide bonds. The molecule has 9 heteroatoms. The van der Waals surface area contributed by atoms with Crippen LogP contribution in [0.2, 0.25) is 10.0 Å². The van der Waals surface area contributed by atoms with Gasteiger partial charge in [-0.05, 0) is 84.9 Å². The van der Waals surface area contributed by atoms with Crippen LogP contribution in [0.4, 0.5) is 5.69 Å². The molecule has 0 spiro atoms. The Morgan fingerprint density at radius 2 is 1.17 bits per heavy atom. The van der Waals surface area contributed by atoms with Crippen LogP contribution < -0.4 is 9.04 Å². The third-order valence-electron chi connectivity index (χ3n) is 4.92. The minimum absolute atomic E-state index is 0.0550. The van der Waals surface area contributed by atoms with Crippen LogP contribution in [0.15, 0.2) is 108 Å². The van der Waals surface area contributed by atoms with Gasteiger partial charge in [0.15, 0.2) is 0 Å². The van der Waals surface area contributed by atoms with Gasteiger partial charge in [-0.2, -0.15) is 4.31 Å². The van der Waals surface area contributed by atoms with Gasteiger partial charge in [0, 0.05) is 15.6 Å². The van der Waals surface area contributed by atoms with Gasteiger partial charge in [0.05, 0.1) is 16.1 Å². The summed E-state index contributed by atoms with van der Waals surface area (Å²) < 4.78 is 33.0. The van der Waals surface area contributed by atoms with Crippen molar-refractivity contribution in [3.05, 3.63) is 124 Å². The van der Waals surface area contributed by atoms with Crippen molar-refractivity contribution < 1.29 is 22.7 Å². The molecule has 0 bridgehead atoms. The highest BCUT2D eigenvalue weighted by Gasteiger charge is 2.32. The van der Waals surface area contributed by atoms with Crippen molar-refractivity contribution in [2.24, 2.45) is 0 Å². The molecule has 0 aliphatic heterocycles. The molecule has 0 heterocycles. The monoisotopic (exact) mass is 525 g/mol. The Hall–Kier alpha value is -3.65. The smallest absolute Gasteiger partial charge is 0.343 e. The first kappa shape index (κ1) is 24.5. The lowest BCUT2D eigenvalue weighted by Gasteiger charge is -2.23. The number of carbonyl (C=O) groups excluding carboxylic acids is 2. The molecular formula is C26H17Cl2NO5S. The molecule has 4 rings (SSSR count). The highest BCUT2D eigenvalue weighted by molar-refractivity contribution is 7.93. The summed E-state index contributed by atoms with van der Waals surface area (Å²) in [6.07, 6.45) is 0. The van der Waals surface area contributed by atoms with E-state index < -0.39 is 21.9 Å². The van der Waals surface area contributed by atoms with Crippen molar-refractivity contribution in [2.75, 3.05) is 4.31 Å². The Labute approximate surface area is 212 Å². The predicted octanol–water partition coefficient (Wildman–Crippen LogP) is 6.25. The molecule has 0 aromatic heterocycles. The molecular weight excluding hydrogens is 509 g/mol. The van der Waals surface area contributed by atoms with Crippen LogP contribution in [-0.4, -0.2) is 20.3 Å². The number of halogens is 2. The van der Waals surface area contributed by atoms with E-state index in [1.807, 2.05) is 0 Å². The van der Waals surface area contributed by atoms with Crippen molar-refractivity contribution >= 4 is 50.8 Å². The first-order chi connectivity index (χ1) is 16.8. The number of ether oxygens (including phenoxy) is 1. The molecule has 4 aromatic rings. The van der Waals surface area contributed by atoms with Gasteiger partial charge in [0.1, 0.15) is 5.75 Å². The van der Waals surface area contributed by atoms with Gasteiger partial charge >= 0.3 is 5.97 Å². The molecule has 0 saturated carbocycles. The molecule has 6 nitrogen and oxygen atoms in total. The van der Waals surface area contributed by atoms with Crippen LogP contribution in [0.25, 0.3) is 0 Å². The zero-order valence-corrected chi connectivity index (χ0v) is 20.3. The van der Waals surface area contributed by atoms with Crippen molar-refractivity contribution in [3.63, 3.8) is 0 Å². The van der Waals surface area contributed by atoms with Crippen LogP contribution >= 0.6 is 23.2 Å². The van der Waals surface area contributed by atoms with Gasteiger partial charge in [-0.1, -0.05) is 41.4 Å². The summed E-state index contributed by atoms with van der Waals surface area (Å²) in [6, 6.07) is 25.3. The number of rotatable bonds is 6. The second-order valence-electron chi connectivity index (χ2n) is 7.28. The second-order valence-corrected chi connectivity index (χ2v) is 9.94. The van der Waals surface area contributed by atoms with Crippen molar-refractivity contribution in [3.8, 4) is 5.75 Å². The number of nitrogens with zero attached hydrogens (tertiary/aromatic N) is 1. The lowest BCUT2D eigenvalue weighted by atomic mass is 10.2. The summed E-state index contributed by atoms with van der Waals surface area (Å²) in [6.45, 7) is 0. The number of esters is 1. The second kappa shape index (κ2) is 10.3. The number of carbonyl (C=O) groups is 2. The largest absolute Gasteiger partial charge is 0.423 e. The molecule has 4 aromatic carbocycles. The topological polar surface area (TPSA) is 80.8 Å². The van der Waals surface area contributed by atoms with E-state index in [4.69, 9.17) is 27.9 Å². The Balaban J connectivity index is 1.68. The SMILES string of the molecule is O=C(Oc1ccc(N(C(=O)c2ccc(Cl)cc2)S(=O)(=O)c2ccccc2)cc1)c1ccc(Cl)cc1. The van der Waals surface area contributed by atoms with Crippen molar-refractivity contribution in [1.29, 1.82) is 0 Å². The van der Waals surface area contributed by atoms with Gasteiger partial charge < -0.3 is 4.74 Å². The summed E-state index contributed by atoms with van der Waals surface area (Å²) in [4.78, 5) is 25.7. The fourth-order valence-corrected chi connectivity index (χ4v) is 4.86. The van der Waals surface area contributed by atoms with Crippen molar-refractivity contribution in [1.82, 2.24) is 0 Å². The number of hydrogen-bond donors (Lipinski definition) is 0. The van der Waals surface area contributed by atoms with E-state index in [9.17, 15) is 18.0 Å². The molecule has 35 heavy (non-hydrogen) atoms. The van der Waals surface area contributed by atoms with E-state index >= 15 is 0 Å². The number of amides is 1. The number of sulfonamides is 1. The standard InChI is InChI=1S/C26H17Cl2NO5S/c27-20-10-6-18(7-11-20)25(30)29(35(32,33)24-4-2-1-3-5-24)22-14-16-23(17-15-22)34-26(31)19-8-12-21(28)13-9-19/h1-17H. The van der Waals surface area contributed by atoms with E-state index in [2.05, 4.69) is 0 Å². The third-order valence-corrected chi connectivity index (χ3v) is 7.15. The molecule has 0 unspecified atom stereocenters. The van der Waals surface area contributed by atoms with E-state index in [-0.39, 0.29) is 21.9 Å². The Morgan fingerprint density at radius 3 is 1.71 bits per heavy atom. The van der Waals surface area contributed by atoms with Crippen molar-refractivity contribution in [2.45, 2.75) is 4.90 Å². The maximum absolute atomic E-state index is 13.5. The van der Waals surface area contributed by atoms with Gasteiger partial charge in [-0.15, -0.1) is 0 Å². The van der Waals surface area contributed by atoms with Gasteiger partial charge in [-0.3, -0.25) is 4.79 Å². The summed E-state index contributed by atoms with van der Waals surface area (Å²) >= 11 is 11.8. The highest BCUT2D eigenvalue weighted by Crippen LogP contribution is 2.28. The number of anilines is 1. The molecule has 0 saturated heterocycles. The minimum atomic E-state index is -4.26. The molecule has 0 aliphatic carbocycles. The highest BCUT2D eigenvalue weighted by atomic mass is 35.5. The molecule has 0 fully saturated rings. The number of hydrogen-bond acceptors (Lipinski definition) is 5. The summed E-state index contributed by atoms with van der Waals surface area (Å²) in [5, 5.41) is 0.891. The molecule has 0 atom stereocenters. The van der Waals surface area contributed by atoms with Crippen LogP contribution in [0.1, 0.15) is 20.7 Å². The van der Waals surface area contributed by atoms with Crippen LogP contribution in [-0.2, 0) is 10.0 Å². The van der Waals surface area contributed by atoms with E-state index in [0.717, 1.165) is 0 Å². The molecule has 0 N–H and O–H groups in total. The first-order valence-corrected chi connectivity index (χ1v) is 12.4. The Kier molecular flexibility index (Phi) is 7.21. The van der Waals surface area contributed by atoms with E-state index in [1.165, 1.54) is 72.8 Å². The van der Waals surface area contributed by atoms with Gasteiger partial charge in [0.25, 0.3) is 15.9 Å². The fraction of sp³-hybridized carbons (Fsp3) is 0. The van der Waals surface area contributed by atoms with Crippen LogP contribution in [0.5, 0.6) is 5.75 Å². The average Bonchev–Trinajstić information content (AvgIpc) is 2.86. The third kappa shape index (κ3) is 5.54. The Morgan fingerprint density at radius 1 is 0.657 bits per heavy atom. The van der Waals surface area contributed by atoms with Crippen LogP contribution in [0, 0.1) is 0 Å². The zero-order chi connectivity index (χ0) is 25.0. The zero-order valence-electron chi connectivity index (χ0n) is 18.0. The lowest BCUT2D eigenvalue weighted by molar-refractivity contribution is 0.0734. The number of benzene rings is 4. The lowest BCUT2D eigenvalue weighted by Crippen LogP contribution is -2.37. The van der Waals surface area contributed by atoms with E-state index in [0.29, 0.717) is 19.9 Å². The first-order valence-electron chi connectivity index (χ1n) is 10.2. The molecule has 0 aliphatic rings. The maximum Gasteiger partial charge on any atom is 0.343 e. The average molecular weight is 526 g/mol. The van der Waals surface area contributed by atoms with E-state index in [1.54, 1.807) is 30.3 Å². The Bertz CT molecular complexity index is 1460. The molecule has 176 valence electrons. The van der Waals surface area contributed by atoms with Gasteiger partial charge in [-0.25, -0.2) is 13.2 Å². The predicted molar refractivity (Wildman–Crippen MR) is 135 cm³/mol. The maximum atomic E-state index is 13.5.